The molecule has 1 aliphatic rings. The predicted octanol–water partition coefficient (Wildman–Crippen LogP) is 2.68. The van der Waals surface area contributed by atoms with Crippen LogP contribution in [-0.4, -0.2) is 54.3 Å². The molecule has 1 fully saturated rings. The average Bonchev–Trinajstić information content (AvgIpc) is 2.96. The highest BCUT2D eigenvalue weighted by Gasteiger charge is 2.19. The van der Waals surface area contributed by atoms with Crippen molar-refractivity contribution in [1.82, 2.24) is 15.1 Å². The molecule has 1 heterocycles. The lowest BCUT2D eigenvalue weighted by molar-refractivity contribution is -0.130. The monoisotopic (exact) mass is 383 g/mol. The zero-order valence-corrected chi connectivity index (χ0v) is 15.9. The predicted molar refractivity (Wildman–Crippen MR) is 106 cm³/mol. The van der Waals surface area contributed by atoms with Gasteiger partial charge in [0.2, 0.25) is 5.91 Å². The van der Waals surface area contributed by atoms with Crippen molar-refractivity contribution in [3.63, 3.8) is 0 Å². The van der Waals surface area contributed by atoms with Crippen LogP contribution in [0.15, 0.2) is 54.6 Å². The van der Waals surface area contributed by atoms with Crippen LogP contribution < -0.4 is 5.32 Å². The summed E-state index contributed by atoms with van der Waals surface area (Å²) in [6.07, 6.45) is 1.21. The molecule has 5 nitrogen and oxygen atoms in total. The van der Waals surface area contributed by atoms with E-state index in [1.807, 2.05) is 23.1 Å². The number of carbonyl (C=O) groups is 2. The van der Waals surface area contributed by atoms with Gasteiger partial charge in [0, 0.05) is 51.3 Å². The first-order valence-electron chi connectivity index (χ1n) is 9.69. The minimum Gasteiger partial charge on any atom is -0.352 e. The van der Waals surface area contributed by atoms with Gasteiger partial charge >= 0.3 is 0 Å². The van der Waals surface area contributed by atoms with Gasteiger partial charge in [-0.1, -0.05) is 30.3 Å². The number of rotatable bonds is 6. The van der Waals surface area contributed by atoms with Crippen LogP contribution in [0.4, 0.5) is 4.39 Å². The molecule has 28 heavy (non-hydrogen) atoms. The molecule has 2 aromatic carbocycles. The summed E-state index contributed by atoms with van der Waals surface area (Å²) in [5.41, 5.74) is 1.67. The minimum absolute atomic E-state index is 0.0667. The highest BCUT2D eigenvalue weighted by Crippen LogP contribution is 2.11. The molecule has 0 spiro atoms. The van der Waals surface area contributed by atoms with Crippen LogP contribution in [-0.2, 0) is 11.3 Å². The van der Waals surface area contributed by atoms with Crippen molar-refractivity contribution >= 4 is 11.8 Å². The van der Waals surface area contributed by atoms with Gasteiger partial charge in [0.05, 0.1) is 0 Å². The molecule has 1 N–H and O–H groups in total. The van der Waals surface area contributed by atoms with Gasteiger partial charge in [-0.05, 0) is 36.2 Å². The Morgan fingerprint density at radius 1 is 0.929 bits per heavy atom. The van der Waals surface area contributed by atoms with Crippen LogP contribution in [0.2, 0.25) is 0 Å². The van der Waals surface area contributed by atoms with Gasteiger partial charge in [0.1, 0.15) is 5.82 Å². The molecule has 0 radical (unpaired) electrons. The standard InChI is InChI=1S/C22H26FN3O2/c23-20-9-7-18(8-10-20)17-25-13-4-14-26(16-15-25)21(27)11-12-24-22(28)19-5-2-1-3-6-19/h1-3,5-10H,4,11-17H2,(H,24,28). The van der Waals surface area contributed by atoms with Gasteiger partial charge in [-0.2, -0.15) is 0 Å². The molecule has 0 atom stereocenters. The van der Waals surface area contributed by atoms with Crippen molar-refractivity contribution in [2.75, 3.05) is 32.7 Å². The summed E-state index contributed by atoms with van der Waals surface area (Å²) in [5.74, 6) is -0.317. The Morgan fingerprint density at radius 3 is 2.43 bits per heavy atom. The molecule has 148 valence electrons. The van der Waals surface area contributed by atoms with E-state index in [4.69, 9.17) is 0 Å². The third-order valence-corrected chi connectivity index (χ3v) is 4.92. The van der Waals surface area contributed by atoms with Gasteiger partial charge in [-0.3, -0.25) is 14.5 Å². The first-order chi connectivity index (χ1) is 13.6. The zero-order chi connectivity index (χ0) is 19.8. The highest BCUT2D eigenvalue weighted by atomic mass is 19.1. The lowest BCUT2D eigenvalue weighted by atomic mass is 10.2. The van der Waals surface area contributed by atoms with Gasteiger partial charge in [-0.15, -0.1) is 0 Å². The SMILES string of the molecule is O=C(NCCC(=O)N1CCCN(Cc2ccc(F)cc2)CC1)c1ccccc1. The number of carbonyl (C=O) groups excluding carboxylic acids is 2. The molecule has 0 bridgehead atoms. The summed E-state index contributed by atoms with van der Waals surface area (Å²) in [4.78, 5) is 28.7. The Labute approximate surface area is 165 Å². The van der Waals surface area contributed by atoms with Crippen LogP contribution in [0.5, 0.6) is 0 Å². The molecule has 2 aromatic rings. The molecular weight excluding hydrogens is 357 g/mol. The van der Waals surface area contributed by atoms with E-state index < -0.39 is 0 Å². The van der Waals surface area contributed by atoms with Crippen molar-refractivity contribution in [1.29, 1.82) is 0 Å². The van der Waals surface area contributed by atoms with E-state index in [2.05, 4.69) is 10.2 Å². The molecule has 1 aliphatic heterocycles. The van der Waals surface area contributed by atoms with E-state index in [1.54, 1.807) is 24.3 Å². The molecule has 0 aliphatic carbocycles. The zero-order valence-electron chi connectivity index (χ0n) is 15.9. The lowest BCUT2D eigenvalue weighted by Gasteiger charge is -2.22. The number of hydrogen-bond donors (Lipinski definition) is 1. The number of nitrogens with zero attached hydrogens (tertiary/aromatic N) is 2. The van der Waals surface area contributed by atoms with Crippen LogP contribution in [0.25, 0.3) is 0 Å². The molecule has 3 rings (SSSR count). The third-order valence-electron chi connectivity index (χ3n) is 4.92. The van der Waals surface area contributed by atoms with Crippen molar-refractivity contribution in [2.24, 2.45) is 0 Å². The maximum atomic E-state index is 13.0. The molecule has 2 amide bonds. The second-order valence-electron chi connectivity index (χ2n) is 7.01. The number of halogens is 1. The topological polar surface area (TPSA) is 52.7 Å². The van der Waals surface area contributed by atoms with E-state index in [0.717, 1.165) is 38.2 Å². The maximum Gasteiger partial charge on any atom is 0.251 e. The van der Waals surface area contributed by atoms with Crippen molar-refractivity contribution < 1.29 is 14.0 Å². The van der Waals surface area contributed by atoms with Gasteiger partial charge in [0.15, 0.2) is 0 Å². The van der Waals surface area contributed by atoms with Crippen LogP contribution in [0.1, 0.15) is 28.8 Å². The smallest absolute Gasteiger partial charge is 0.251 e. The average molecular weight is 383 g/mol. The molecule has 6 heteroatoms. The first kappa shape index (κ1) is 20.0. The Hall–Kier alpha value is -2.73. The number of amides is 2. The Kier molecular flexibility index (Phi) is 7.14. The van der Waals surface area contributed by atoms with E-state index in [0.29, 0.717) is 25.1 Å². The Bertz CT molecular complexity index is 780. The van der Waals surface area contributed by atoms with Crippen LogP contribution in [0.3, 0.4) is 0 Å². The van der Waals surface area contributed by atoms with E-state index in [1.165, 1.54) is 12.1 Å². The molecule has 0 saturated carbocycles. The minimum atomic E-state index is -0.226. The summed E-state index contributed by atoms with van der Waals surface area (Å²) in [6.45, 7) is 4.20. The largest absolute Gasteiger partial charge is 0.352 e. The maximum absolute atomic E-state index is 13.0. The normalized spacial score (nSPS) is 15.1. The van der Waals surface area contributed by atoms with Gasteiger partial charge in [-0.25, -0.2) is 4.39 Å². The van der Waals surface area contributed by atoms with Crippen molar-refractivity contribution in [3.8, 4) is 0 Å². The van der Waals surface area contributed by atoms with Gasteiger partial charge in [0.25, 0.3) is 5.91 Å². The summed E-state index contributed by atoms with van der Waals surface area (Å²) in [5, 5.41) is 2.80. The summed E-state index contributed by atoms with van der Waals surface area (Å²) < 4.78 is 13.0. The number of nitrogens with one attached hydrogen (secondary N) is 1. The second-order valence-corrected chi connectivity index (χ2v) is 7.01. The molecule has 0 unspecified atom stereocenters. The number of hydrogen-bond acceptors (Lipinski definition) is 3. The van der Waals surface area contributed by atoms with Crippen LogP contribution in [0, 0.1) is 5.82 Å². The summed E-state index contributed by atoms with van der Waals surface area (Å²) in [7, 11) is 0. The fourth-order valence-corrected chi connectivity index (χ4v) is 3.36. The van der Waals surface area contributed by atoms with Crippen molar-refractivity contribution in [2.45, 2.75) is 19.4 Å². The quantitative estimate of drug-likeness (QED) is 0.835. The third kappa shape index (κ3) is 5.89. The molecular formula is C22H26FN3O2. The Morgan fingerprint density at radius 2 is 1.68 bits per heavy atom. The van der Waals surface area contributed by atoms with Gasteiger partial charge < -0.3 is 10.2 Å². The van der Waals surface area contributed by atoms with E-state index in [-0.39, 0.29) is 17.6 Å². The molecule has 0 aromatic heterocycles. The summed E-state index contributed by atoms with van der Waals surface area (Å²) >= 11 is 0. The summed E-state index contributed by atoms with van der Waals surface area (Å²) in [6, 6.07) is 15.6. The Balaban J connectivity index is 1.41. The van der Waals surface area contributed by atoms with Crippen LogP contribution >= 0.6 is 0 Å². The highest BCUT2D eigenvalue weighted by molar-refractivity contribution is 5.94. The fraction of sp³-hybridized carbons (Fsp3) is 0.364. The lowest BCUT2D eigenvalue weighted by Crippen LogP contribution is -2.37. The number of benzene rings is 2. The van der Waals surface area contributed by atoms with E-state index >= 15 is 0 Å². The second kappa shape index (κ2) is 9.99. The van der Waals surface area contributed by atoms with Crippen molar-refractivity contribution in [3.05, 3.63) is 71.5 Å². The first-order valence-corrected chi connectivity index (χ1v) is 9.69. The molecule has 1 saturated heterocycles. The van der Waals surface area contributed by atoms with E-state index in [9.17, 15) is 14.0 Å². The fourth-order valence-electron chi connectivity index (χ4n) is 3.36.